The number of pyridine rings is 1. The lowest BCUT2D eigenvalue weighted by atomic mass is 10.2. The second-order valence-corrected chi connectivity index (χ2v) is 5.19. The summed E-state index contributed by atoms with van der Waals surface area (Å²) < 4.78 is 2.11. The molecule has 0 atom stereocenters. The number of guanidine groups is 1. The highest BCUT2D eigenvalue weighted by atomic mass is 15.2. The zero-order valence-corrected chi connectivity index (χ0v) is 13.2. The van der Waals surface area contributed by atoms with E-state index in [-0.39, 0.29) is 0 Å². The number of aromatic nitrogens is 2. The lowest BCUT2D eigenvalue weighted by molar-refractivity contribution is 0.682. The van der Waals surface area contributed by atoms with Gasteiger partial charge in [-0.1, -0.05) is 25.8 Å². The first-order valence-corrected chi connectivity index (χ1v) is 7.62. The maximum Gasteiger partial charge on any atom is 0.191 e. The summed E-state index contributed by atoms with van der Waals surface area (Å²) in [5, 5.41) is 6.63. The van der Waals surface area contributed by atoms with Gasteiger partial charge in [0.25, 0.3) is 0 Å². The molecule has 0 bridgehead atoms. The number of hydrogen-bond acceptors (Lipinski definition) is 2. The number of fused-ring (bicyclic) bond motifs is 1. The van der Waals surface area contributed by atoms with Crippen LogP contribution in [0.5, 0.6) is 0 Å². The highest BCUT2D eigenvalue weighted by Gasteiger charge is 2.04. The Bertz CT molecular complexity index is 600. The zero-order chi connectivity index (χ0) is 15.1. The molecule has 0 saturated heterocycles. The number of hydrogen-bond donors (Lipinski definition) is 2. The van der Waals surface area contributed by atoms with E-state index in [0.29, 0.717) is 6.54 Å². The highest BCUT2D eigenvalue weighted by Crippen LogP contribution is 2.08. The molecular weight excluding hydrogens is 262 g/mol. The minimum Gasteiger partial charge on any atom is -0.356 e. The van der Waals surface area contributed by atoms with Gasteiger partial charge in [-0.2, -0.15) is 0 Å². The number of nitrogens with zero attached hydrogens (tertiary/aromatic N) is 3. The molecule has 21 heavy (non-hydrogen) atoms. The first kappa shape index (κ1) is 15.4. The van der Waals surface area contributed by atoms with Crippen LogP contribution >= 0.6 is 0 Å². The molecule has 2 heterocycles. The van der Waals surface area contributed by atoms with Crippen LogP contribution in [0, 0.1) is 6.92 Å². The predicted molar refractivity (Wildman–Crippen MR) is 87.7 cm³/mol. The van der Waals surface area contributed by atoms with Crippen molar-refractivity contribution in [3.63, 3.8) is 0 Å². The zero-order valence-electron chi connectivity index (χ0n) is 13.2. The Morgan fingerprint density at radius 2 is 2.14 bits per heavy atom. The third-order valence-electron chi connectivity index (χ3n) is 3.48. The minimum atomic E-state index is 0.675. The van der Waals surface area contributed by atoms with E-state index in [1.165, 1.54) is 25.0 Å². The van der Waals surface area contributed by atoms with Crippen LogP contribution in [0.15, 0.2) is 29.4 Å². The molecule has 0 spiro atoms. The smallest absolute Gasteiger partial charge is 0.191 e. The number of nitrogens with one attached hydrogen (secondary N) is 2. The van der Waals surface area contributed by atoms with Crippen molar-refractivity contribution < 1.29 is 0 Å². The highest BCUT2D eigenvalue weighted by molar-refractivity contribution is 5.79. The fourth-order valence-corrected chi connectivity index (χ4v) is 2.26. The summed E-state index contributed by atoms with van der Waals surface area (Å²) in [4.78, 5) is 8.84. The fourth-order valence-electron chi connectivity index (χ4n) is 2.26. The van der Waals surface area contributed by atoms with Crippen molar-refractivity contribution in [2.75, 3.05) is 13.6 Å². The first-order chi connectivity index (χ1) is 10.2. The van der Waals surface area contributed by atoms with Crippen molar-refractivity contribution in [1.29, 1.82) is 0 Å². The van der Waals surface area contributed by atoms with Gasteiger partial charge in [0.15, 0.2) is 5.96 Å². The third kappa shape index (κ3) is 4.21. The Morgan fingerprint density at radius 1 is 1.29 bits per heavy atom. The van der Waals surface area contributed by atoms with E-state index in [1.807, 2.05) is 12.1 Å². The van der Waals surface area contributed by atoms with Crippen LogP contribution in [-0.4, -0.2) is 28.9 Å². The third-order valence-corrected chi connectivity index (χ3v) is 3.48. The summed E-state index contributed by atoms with van der Waals surface area (Å²) in [5.74, 6) is 0.833. The van der Waals surface area contributed by atoms with Gasteiger partial charge in [0.1, 0.15) is 5.65 Å². The van der Waals surface area contributed by atoms with E-state index in [2.05, 4.69) is 51.1 Å². The maximum atomic E-state index is 4.61. The SMILES string of the molecule is CCCCCNC(=NC)NCc1cn2c(C)cccc2n1. The second kappa shape index (κ2) is 7.67. The maximum absolute atomic E-state index is 4.61. The summed E-state index contributed by atoms with van der Waals surface area (Å²) in [6.45, 7) is 5.92. The quantitative estimate of drug-likeness (QED) is 0.487. The van der Waals surface area contributed by atoms with Crippen molar-refractivity contribution in [2.45, 2.75) is 39.7 Å². The van der Waals surface area contributed by atoms with E-state index in [1.54, 1.807) is 7.05 Å². The van der Waals surface area contributed by atoms with E-state index in [9.17, 15) is 0 Å². The summed E-state index contributed by atoms with van der Waals surface area (Å²) in [7, 11) is 1.79. The van der Waals surface area contributed by atoms with E-state index >= 15 is 0 Å². The average molecular weight is 287 g/mol. The van der Waals surface area contributed by atoms with E-state index in [4.69, 9.17) is 0 Å². The summed E-state index contributed by atoms with van der Waals surface area (Å²) >= 11 is 0. The molecule has 0 radical (unpaired) electrons. The van der Waals surface area contributed by atoms with Gasteiger partial charge in [0.2, 0.25) is 0 Å². The Kier molecular flexibility index (Phi) is 5.60. The molecule has 5 nitrogen and oxygen atoms in total. The van der Waals surface area contributed by atoms with Crippen LogP contribution < -0.4 is 10.6 Å². The van der Waals surface area contributed by atoms with Gasteiger partial charge in [-0.25, -0.2) is 4.98 Å². The largest absolute Gasteiger partial charge is 0.356 e. The second-order valence-electron chi connectivity index (χ2n) is 5.19. The van der Waals surface area contributed by atoms with Gasteiger partial charge in [-0.3, -0.25) is 4.99 Å². The molecule has 0 aliphatic carbocycles. The van der Waals surface area contributed by atoms with Crippen molar-refractivity contribution in [3.05, 3.63) is 35.8 Å². The van der Waals surface area contributed by atoms with Crippen molar-refractivity contribution in [1.82, 2.24) is 20.0 Å². The molecule has 0 aromatic carbocycles. The van der Waals surface area contributed by atoms with Gasteiger partial charge < -0.3 is 15.0 Å². The fraction of sp³-hybridized carbons (Fsp3) is 0.500. The number of unbranched alkanes of at least 4 members (excludes halogenated alkanes) is 2. The molecule has 0 aliphatic heterocycles. The van der Waals surface area contributed by atoms with Crippen molar-refractivity contribution in [2.24, 2.45) is 4.99 Å². The molecule has 2 N–H and O–H groups in total. The van der Waals surface area contributed by atoms with Gasteiger partial charge in [0, 0.05) is 25.5 Å². The Hall–Kier alpha value is -2.04. The molecule has 0 saturated carbocycles. The molecule has 0 aliphatic rings. The van der Waals surface area contributed by atoms with Gasteiger partial charge in [-0.05, 0) is 25.5 Å². The molecule has 2 rings (SSSR count). The van der Waals surface area contributed by atoms with Crippen molar-refractivity contribution in [3.8, 4) is 0 Å². The lowest BCUT2D eigenvalue weighted by Crippen LogP contribution is -2.37. The molecule has 0 fully saturated rings. The standard InChI is InChI=1S/C16H25N5/c1-4-5-6-10-18-16(17-3)19-11-14-12-21-13(2)8-7-9-15(21)20-14/h7-9,12H,4-6,10-11H2,1-3H3,(H2,17,18,19). The summed E-state index contributed by atoms with van der Waals surface area (Å²) in [6, 6.07) is 6.14. The lowest BCUT2D eigenvalue weighted by Gasteiger charge is -2.10. The van der Waals surface area contributed by atoms with Gasteiger partial charge in [-0.15, -0.1) is 0 Å². The number of imidazole rings is 1. The average Bonchev–Trinajstić information content (AvgIpc) is 2.91. The molecule has 2 aromatic rings. The van der Waals surface area contributed by atoms with Crippen LogP contribution in [0.25, 0.3) is 5.65 Å². The minimum absolute atomic E-state index is 0.675. The van der Waals surface area contributed by atoms with Crippen LogP contribution in [0.2, 0.25) is 0 Å². The predicted octanol–water partition coefficient (Wildman–Crippen LogP) is 2.50. The number of aliphatic imine (C=N–C) groups is 1. The Morgan fingerprint density at radius 3 is 2.86 bits per heavy atom. The first-order valence-electron chi connectivity index (χ1n) is 7.62. The topological polar surface area (TPSA) is 53.7 Å². The van der Waals surface area contributed by atoms with E-state index < -0.39 is 0 Å². The summed E-state index contributed by atoms with van der Waals surface area (Å²) in [5.41, 5.74) is 3.19. The van der Waals surface area contributed by atoms with Crippen molar-refractivity contribution >= 4 is 11.6 Å². The molecule has 0 unspecified atom stereocenters. The monoisotopic (exact) mass is 287 g/mol. The normalized spacial score (nSPS) is 11.9. The van der Waals surface area contributed by atoms with Crippen LogP contribution in [-0.2, 0) is 6.54 Å². The summed E-state index contributed by atoms with van der Waals surface area (Å²) in [6.07, 6.45) is 5.72. The Balaban J connectivity index is 1.89. The van der Waals surface area contributed by atoms with Gasteiger partial charge >= 0.3 is 0 Å². The molecule has 5 heteroatoms. The number of aryl methyl sites for hydroxylation is 1. The van der Waals surface area contributed by atoms with Crippen LogP contribution in [0.4, 0.5) is 0 Å². The Labute approximate surface area is 126 Å². The molecule has 114 valence electrons. The van der Waals surface area contributed by atoms with Gasteiger partial charge in [0.05, 0.1) is 12.2 Å². The van der Waals surface area contributed by atoms with Crippen LogP contribution in [0.3, 0.4) is 0 Å². The molecular formula is C16H25N5. The van der Waals surface area contributed by atoms with E-state index in [0.717, 1.165) is 23.8 Å². The van der Waals surface area contributed by atoms with Crippen LogP contribution in [0.1, 0.15) is 37.6 Å². The molecule has 2 aromatic heterocycles. The molecule has 0 amide bonds. The number of rotatable bonds is 6.